The molecule has 13 heavy (non-hydrogen) atoms. The van der Waals surface area contributed by atoms with E-state index in [9.17, 15) is 12.8 Å². The topological polar surface area (TPSA) is 34.1 Å². The monoisotopic (exact) mass is 306 g/mol. The van der Waals surface area contributed by atoms with Gasteiger partial charge in [-0.3, -0.25) is 0 Å². The third kappa shape index (κ3) is 2.56. The van der Waals surface area contributed by atoms with E-state index in [1.807, 2.05) is 0 Å². The van der Waals surface area contributed by atoms with E-state index in [0.29, 0.717) is 0 Å². The maximum atomic E-state index is 13.0. The van der Waals surface area contributed by atoms with E-state index in [2.05, 4.69) is 15.9 Å². The molecule has 1 aromatic carbocycles. The van der Waals surface area contributed by atoms with E-state index in [0.717, 1.165) is 12.1 Å². The van der Waals surface area contributed by atoms with E-state index in [1.54, 1.807) is 0 Å². The molecule has 0 saturated carbocycles. The standard InChI is InChI=1S/C6H2BrCl2FO2S/c7-3-1-5(10)6(2-4(3)8)13(9,11)12/h1-2H. The van der Waals surface area contributed by atoms with Crippen molar-refractivity contribution in [3.8, 4) is 0 Å². The summed E-state index contributed by atoms with van der Waals surface area (Å²) >= 11 is 8.49. The first-order chi connectivity index (χ1) is 5.82. The van der Waals surface area contributed by atoms with Crippen molar-refractivity contribution >= 4 is 47.3 Å². The summed E-state index contributed by atoms with van der Waals surface area (Å²) in [5.74, 6) is -0.939. The van der Waals surface area contributed by atoms with Crippen molar-refractivity contribution in [2.24, 2.45) is 0 Å². The Labute approximate surface area is 92.2 Å². The molecule has 0 spiro atoms. The van der Waals surface area contributed by atoms with Crippen molar-refractivity contribution in [1.82, 2.24) is 0 Å². The molecular formula is C6H2BrCl2FO2S. The van der Waals surface area contributed by atoms with Gasteiger partial charge in [0, 0.05) is 15.2 Å². The van der Waals surface area contributed by atoms with Gasteiger partial charge >= 0.3 is 0 Å². The van der Waals surface area contributed by atoms with Crippen LogP contribution in [0.15, 0.2) is 21.5 Å². The van der Waals surface area contributed by atoms with Crippen LogP contribution in [-0.2, 0) is 9.05 Å². The van der Waals surface area contributed by atoms with Crippen molar-refractivity contribution in [2.45, 2.75) is 4.90 Å². The van der Waals surface area contributed by atoms with Gasteiger partial charge in [-0.2, -0.15) is 0 Å². The lowest BCUT2D eigenvalue weighted by molar-refractivity contribution is 0.575. The summed E-state index contributed by atoms with van der Waals surface area (Å²) in [6.45, 7) is 0. The highest BCUT2D eigenvalue weighted by atomic mass is 79.9. The number of halogens is 4. The summed E-state index contributed by atoms with van der Waals surface area (Å²) < 4.78 is 34.8. The first kappa shape index (κ1) is 11.2. The third-order valence-corrected chi connectivity index (χ3v) is 3.77. The zero-order valence-electron chi connectivity index (χ0n) is 5.89. The van der Waals surface area contributed by atoms with Crippen LogP contribution in [0, 0.1) is 5.82 Å². The summed E-state index contributed by atoms with van der Waals surface area (Å²) in [7, 11) is 0.866. The highest BCUT2D eigenvalue weighted by molar-refractivity contribution is 9.10. The van der Waals surface area contributed by atoms with Crippen LogP contribution in [0.1, 0.15) is 0 Å². The smallest absolute Gasteiger partial charge is 0.207 e. The quantitative estimate of drug-likeness (QED) is 0.590. The van der Waals surface area contributed by atoms with Crippen LogP contribution in [0.25, 0.3) is 0 Å². The fraction of sp³-hybridized carbons (Fsp3) is 0. The molecule has 0 amide bonds. The second kappa shape index (κ2) is 3.73. The van der Waals surface area contributed by atoms with Crippen LogP contribution in [0.3, 0.4) is 0 Å². The largest absolute Gasteiger partial charge is 0.264 e. The van der Waals surface area contributed by atoms with Crippen LogP contribution in [0.5, 0.6) is 0 Å². The molecule has 1 rings (SSSR count). The molecule has 2 nitrogen and oxygen atoms in total. The van der Waals surface area contributed by atoms with Crippen LogP contribution in [0.4, 0.5) is 4.39 Å². The molecule has 0 aliphatic rings. The van der Waals surface area contributed by atoms with Crippen LogP contribution in [-0.4, -0.2) is 8.42 Å². The molecule has 0 bridgehead atoms. The van der Waals surface area contributed by atoms with Crippen LogP contribution >= 0.6 is 38.2 Å². The predicted molar refractivity (Wildman–Crippen MR) is 52.1 cm³/mol. The third-order valence-electron chi connectivity index (χ3n) is 1.24. The van der Waals surface area contributed by atoms with Gasteiger partial charge in [0.1, 0.15) is 10.7 Å². The predicted octanol–water partition coefficient (Wildman–Crippen LogP) is 3.17. The van der Waals surface area contributed by atoms with Crippen LogP contribution < -0.4 is 0 Å². The van der Waals surface area contributed by atoms with Crippen molar-refractivity contribution in [1.29, 1.82) is 0 Å². The second-order valence-electron chi connectivity index (χ2n) is 2.13. The number of benzene rings is 1. The number of hydrogen-bond acceptors (Lipinski definition) is 2. The highest BCUT2D eigenvalue weighted by Crippen LogP contribution is 2.29. The average molecular weight is 308 g/mol. The van der Waals surface area contributed by atoms with Gasteiger partial charge in [0.2, 0.25) is 0 Å². The fourth-order valence-electron chi connectivity index (χ4n) is 0.691. The zero-order valence-corrected chi connectivity index (χ0v) is 9.81. The highest BCUT2D eigenvalue weighted by Gasteiger charge is 2.17. The SMILES string of the molecule is O=S(=O)(Cl)c1cc(Cl)c(Br)cc1F. The molecule has 7 heteroatoms. The van der Waals surface area contributed by atoms with Crippen molar-refractivity contribution < 1.29 is 12.8 Å². The van der Waals surface area contributed by atoms with E-state index in [1.165, 1.54) is 0 Å². The number of rotatable bonds is 1. The molecule has 0 radical (unpaired) electrons. The maximum Gasteiger partial charge on any atom is 0.264 e. The summed E-state index contributed by atoms with van der Waals surface area (Å²) in [6.07, 6.45) is 0. The molecule has 0 heterocycles. The Balaban J connectivity index is 3.50. The molecular weight excluding hydrogens is 306 g/mol. The van der Waals surface area contributed by atoms with Gasteiger partial charge in [-0.05, 0) is 28.1 Å². The van der Waals surface area contributed by atoms with Gasteiger partial charge < -0.3 is 0 Å². The molecule has 0 aliphatic heterocycles. The number of hydrogen-bond donors (Lipinski definition) is 0. The molecule has 1 aromatic rings. The molecule has 0 fully saturated rings. The molecule has 0 saturated heterocycles. The maximum absolute atomic E-state index is 13.0. The lowest BCUT2D eigenvalue weighted by atomic mass is 10.3. The Morgan fingerprint density at radius 2 is 1.92 bits per heavy atom. The lowest BCUT2D eigenvalue weighted by Gasteiger charge is -2.00. The summed E-state index contributed by atoms with van der Waals surface area (Å²) in [4.78, 5) is -0.623. The lowest BCUT2D eigenvalue weighted by Crippen LogP contribution is -1.95. The molecule has 0 aliphatic carbocycles. The first-order valence-corrected chi connectivity index (χ1v) is 6.39. The molecule has 0 aromatic heterocycles. The zero-order chi connectivity index (χ0) is 10.2. The van der Waals surface area contributed by atoms with Crippen LogP contribution in [0.2, 0.25) is 5.02 Å². The Kier molecular flexibility index (Phi) is 3.22. The fourth-order valence-corrected chi connectivity index (χ4v) is 2.14. The van der Waals surface area contributed by atoms with E-state index in [-0.39, 0.29) is 9.50 Å². The van der Waals surface area contributed by atoms with E-state index < -0.39 is 19.8 Å². The van der Waals surface area contributed by atoms with Crippen molar-refractivity contribution in [3.63, 3.8) is 0 Å². The average Bonchev–Trinajstić information content (AvgIpc) is 1.94. The minimum Gasteiger partial charge on any atom is -0.207 e. The Bertz CT molecular complexity index is 446. The van der Waals surface area contributed by atoms with E-state index >= 15 is 0 Å². The minimum absolute atomic E-state index is 0.0839. The molecule has 72 valence electrons. The first-order valence-electron chi connectivity index (χ1n) is 2.91. The van der Waals surface area contributed by atoms with Gasteiger partial charge in [-0.15, -0.1) is 0 Å². The summed E-state index contributed by atoms with van der Waals surface area (Å²) in [6, 6.07) is 1.89. The van der Waals surface area contributed by atoms with Gasteiger partial charge in [0.25, 0.3) is 9.05 Å². The molecule has 0 N–H and O–H groups in total. The summed E-state index contributed by atoms with van der Waals surface area (Å²) in [5.41, 5.74) is 0. The van der Waals surface area contributed by atoms with Gasteiger partial charge in [-0.1, -0.05) is 11.6 Å². The minimum atomic E-state index is -4.08. The van der Waals surface area contributed by atoms with Crippen molar-refractivity contribution in [2.75, 3.05) is 0 Å². The normalized spacial score (nSPS) is 11.7. The van der Waals surface area contributed by atoms with Gasteiger partial charge in [-0.25, -0.2) is 12.8 Å². The molecule has 0 unspecified atom stereocenters. The van der Waals surface area contributed by atoms with Gasteiger partial charge in [0.15, 0.2) is 0 Å². The van der Waals surface area contributed by atoms with Gasteiger partial charge in [0.05, 0.1) is 5.02 Å². The Morgan fingerprint density at radius 1 is 1.38 bits per heavy atom. The second-order valence-corrected chi connectivity index (χ2v) is 5.93. The molecule has 0 atom stereocenters. The summed E-state index contributed by atoms with van der Waals surface area (Å²) in [5, 5.41) is 0.0839. The Hall–Kier alpha value is 0.160. The van der Waals surface area contributed by atoms with E-state index in [4.69, 9.17) is 22.3 Å². The van der Waals surface area contributed by atoms with Crippen molar-refractivity contribution in [3.05, 3.63) is 27.4 Å². The Morgan fingerprint density at radius 3 is 2.38 bits per heavy atom.